The molecule has 0 aliphatic carbocycles. The molecule has 15 heteroatoms. The Kier molecular flexibility index (Phi) is 5.22. The molecule has 3 aromatic heterocycles. The number of aryl methyl sites for hydroxylation is 1. The maximum atomic E-state index is 12.3. The van der Waals surface area contributed by atoms with Gasteiger partial charge in [0.1, 0.15) is 18.5 Å². The molecule has 1 aliphatic heterocycles. The van der Waals surface area contributed by atoms with E-state index in [0.29, 0.717) is 5.52 Å². The van der Waals surface area contributed by atoms with Crippen molar-refractivity contribution in [1.82, 2.24) is 23.9 Å². The zero-order valence-corrected chi connectivity index (χ0v) is 16.9. The fourth-order valence-corrected chi connectivity index (χ4v) is 4.29. The van der Waals surface area contributed by atoms with E-state index in [0.717, 1.165) is 10.7 Å². The molecule has 5 atom stereocenters. The van der Waals surface area contributed by atoms with E-state index in [9.17, 15) is 19.7 Å². The standard InChI is InChI=1S/C15H20N7O7P/c1-20-7-22(12-9(20)13(24)19-15(16)18-12)14-11(27-2)10(23)8(29-14)5-28-30(25,26)21-4-3-17-6-21/h3-4,6-8,10-11,14,23H,5H2,1-2H3,(H3-,16,18,19,24,25,26)/p+1/t8-,10?,11?,14-/m1/s1. The molecule has 30 heavy (non-hydrogen) atoms. The number of hydrogen-bond donors (Lipinski definition) is 4. The first kappa shape index (κ1) is 20.7. The first-order chi connectivity index (χ1) is 14.2. The third-order valence-corrected chi connectivity index (χ3v) is 6.11. The summed E-state index contributed by atoms with van der Waals surface area (Å²) in [4.78, 5) is 21.6. The molecule has 162 valence electrons. The van der Waals surface area contributed by atoms with Crippen molar-refractivity contribution < 1.29 is 38.2 Å². The van der Waals surface area contributed by atoms with Gasteiger partial charge < -0.3 is 30.3 Å². The van der Waals surface area contributed by atoms with Crippen molar-refractivity contribution >= 4 is 24.9 Å². The highest BCUT2D eigenvalue weighted by Gasteiger charge is 2.49. The Morgan fingerprint density at radius 3 is 2.87 bits per heavy atom. The molecule has 3 aromatic rings. The number of rotatable bonds is 6. The van der Waals surface area contributed by atoms with Gasteiger partial charge >= 0.3 is 7.75 Å². The Morgan fingerprint density at radius 1 is 1.43 bits per heavy atom. The first-order valence-corrected chi connectivity index (χ1v) is 10.3. The molecule has 0 amide bonds. The highest BCUT2D eigenvalue weighted by molar-refractivity contribution is 7.51. The Balaban J connectivity index is 1.61. The van der Waals surface area contributed by atoms with Gasteiger partial charge in [0.15, 0.2) is 6.10 Å². The van der Waals surface area contributed by atoms with E-state index < -0.39 is 38.9 Å². The van der Waals surface area contributed by atoms with Crippen molar-refractivity contribution in [2.24, 2.45) is 7.05 Å². The molecule has 4 rings (SSSR count). The molecule has 0 bridgehead atoms. The van der Waals surface area contributed by atoms with Crippen molar-refractivity contribution in [1.29, 1.82) is 0 Å². The van der Waals surface area contributed by atoms with Crippen LogP contribution in [0.2, 0.25) is 0 Å². The number of nitrogen functional groups attached to an aromatic ring is 1. The van der Waals surface area contributed by atoms with Crippen LogP contribution < -0.4 is 10.3 Å². The fourth-order valence-electron chi connectivity index (χ4n) is 3.40. The maximum Gasteiger partial charge on any atom is 0.437 e. The number of aliphatic hydroxyl groups is 1. The second-order valence-corrected chi connectivity index (χ2v) is 8.40. The lowest BCUT2D eigenvalue weighted by molar-refractivity contribution is -0.646. The summed E-state index contributed by atoms with van der Waals surface area (Å²) in [6.07, 6.45) is 1.43. The van der Waals surface area contributed by atoms with Crippen LogP contribution in [0, 0.1) is 0 Å². The summed E-state index contributed by atoms with van der Waals surface area (Å²) in [6, 6.07) is 0. The van der Waals surface area contributed by atoms with Crippen LogP contribution in [0.25, 0.3) is 11.2 Å². The Bertz CT molecular complexity index is 1100. The minimum Gasteiger partial charge on any atom is -0.490 e. The first-order valence-electron chi connectivity index (χ1n) is 8.78. The lowest BCUT2D eigenvalue weighted by Gasteiger charge is -2.18. The van der Waals surface area contributed by atoms with Crippen LogP contribution in [-0.2, 0) is 25.6 Å². The fraction of sp³-hybridized carbons (Fsp3) is 0.467. The highest BCUT2D eigenvalue weighted by Crippen LogP contribution is 2.44. The van der Waals surface area contributed by atoms with Crippen molar-refractivity contribution in [3.63, 3.8) is 0 Å². The molecule has 4 heterocycles. The van der Waals surface area contributed by atoms with Crippen molar-refractivity contribution in [2.45, 2.75) is 24.5 Å². The van der Waals surface area contributed by atoms with Crippen LogP contribution >= 0.6 is 7.75 Å². The molecule has 1 saturated heterocycles. The van der Waals surface area contributed by atoms with Crippen molar-refractivity contribution in [3.8, 4) is 5.88 Å². The molecule has 1 aliphatic rings. The second-order valence-electron chi connectivity index (χ2n) is 6.70. The lowest BCUT2D eigenvalue weighted by Crippen LogP contribution is -2.35. The van der Waals surface area contributed by atoms with Gasteiger partial charge in [0.25, 0.3) is 17.0 Å². The number of nitrogens with zero attached hydrogens (tertiary/aromatic N) is 6. The van der Waals surface area contributed by atoms with Crippen LogP contribution in [0.1, 0.15) is 6.23 Å². The number of hydrogen-bond acceptors (Lipinski definition) is 10. The van der Waals surface area contributed by atoms with Crippen LogP contribution in [0.15, 0.2) is 25.0 Å². The molecule has 0 spiro atoms. The van der Waals surface area contributed by atoms with E-state index in [1.165, 1.54) is 24.1 Å². The number of methoxy groups -OCH3 is 1. The molecule has 0 saturated carbocycles. The monoisotopic (exact) mass is 442 g/mol. The van der Waals surface area contributed by atoms with Crippen molar-refractivity contribution in [2.75, 3.05) is 19.5 Å². The predicted octanol–water partition coefficient (Wildman–Crippen LogP) is -1.32. The van der Waals surface area contributed by atoms with Gasteiger partial charge in [-0.3, -0.25) is 4.52 Å². The number of aromatic hydroxyl groups is 1. The smallest absolute Gasteiger partial charge is 0.437 e. The zero-order valence-electron chi connectivity index (χ0n) is 16.0. The summed E-state index contributed by atoms with van der Waals surface area (Å²) in [6.45, 7) is -0.392. The molecule has 1 fully saturated rings. The summed E-state index contributed by atoms with van der Waals surface area (Å²) in [5, 5.41) is 20.8. The average Bonchev–Trinajstić information content (AvgIpc) is 3.39. The number of aromatic nitrogens is 6. The normalized spacial score (nSPS) is 26.3. The Labute approximate surface area is 169 Å². The summed E-state index contributed by atoms with van der Waals surface area (Å²) < 4.78 is 32.8. The van der Waals surface area contributed by atoms with E-state index in [1.807, 2.05) is 0 Å². The summed E-state index contributed by atoms with van der Waals surface area (Å²) >= 11 is 0. The molecule has 0 radical (unpaired) electrons. The van der Waals surface area contributed by atoms with Gasteiger partial charge in [-0.15, -0.1) is 0 Å². The lowest BCUT2D eigenvalue weighted by atomic mass is 10.1. The second kappa shape index (κ2) is 7.58. The molecule has 3 unspecified atom stereocenters. The summed E-state index contributed by atoms with van der Waals surface area (Å²) in [5.41, 5.74) is 6.21. The highest BCUT2D eigenvalue weighted by atomic mass is 31.2. The van der Waals surface area contributed by atoms with Crippen LogP contribution in [-0.4, -0.2) is 71.0 Å². The minimum atomic E-state index is -4.20. The third-order valence-electron chi connectivity index (χ3n) is 4.81. The van der Waals surface area contributed by atoms with Crippen LogP contribution in [0.5, 0.6) is 5.88 Å². The van der Waals surface area contributed by atoms with Gasteiger partial charge in [-0.1, -0.05) is 0 Å². The number of nitrogens with two attached hydrogens (primary N) is 1. The maximum absolute atomic E-state index is 12.3. The number of fused-ring (bicyclic) bond motifs is 1. The molecule has 5 N–H and O–H groups in total. The number of imidazole rings is 2. The van der Waals surface area contributed by atoms with E-state index in [1.54, 1.807) is 17.9 Å². The SMILES string of the molecule is COC1C(O)[C@@H](COP(=O)(O)n2ccnc2)O[C@H]1n1c[n+](C)c2c(O)nc(N)nc21. The predicted molar refractivity (Wildman–Crippen MR) is 98.9 cm³/mol. The number of ether oxygens (including phenoxy) is 2. The van der Waals surface area contributed by atoms with E-state index in [-0.39, 0.29) is 17.5 Å². The molecule has 0 aromatic carbocycles. The number of aliphatic hydroxyl groups excluding tert-OH is 1. The third kappa shape index (κ3) is 3.43. The van der Waals surface area contributed by atoms with Gasteiger partial charge in [-0.05, 0) is 0 Å². The van der Waals surface area contributed by atoms with Crippen molar-refractivity contribution in [3.05, 3.63) is 25.0 Å². The molecule has 14 nitrogen and oxygen atoms in total. The zero-order chi connectivity index (χ0) is 21.6. The number of anilines is 1. The Hall–Kier alpha value is -2.61. The van der Waals surface area contributed by atoms with Crippen LogP contribution in [0.4, 0.5) is 5.95 Å². The van der Waals surface area contributed by atoms with Gasteiger partial charge in [0.2, 0.25) is 18.5 Å². The van der Waals surface area contributed by atoms with E-state index in [2.05, 4.69) is 15.0 Å². The topological polar surface area (TPSA) is 184 Å². The van der Waals surface area contributed by atoms with Crippen LogP contribution in [0.3, 0.4) is 0 Å². The van der Waals surface area contributed by atoms with Gasteiger partial charge in [0.05, 0.1) is 13.7 Å². The van der Waals surface area contributed by atoms with Gasteiger partial charge in [-0.2, -0.15) is 14.5 Å². The quantitative estimate of drug-likeness (QED) is 0.262. The summed E-state index contributed by atoms with van der Waals surface area (Å²) in [7, 11) is -1.15. The largest absolute Gasteiger partial charge is 0.490 e. The average molecular weight is 442 g/mol. The van der Waals surface area contributed by atoms with Gasteiger partial charge in [0, 0.05) is 19.5 Å². The Morgan fingerprint density at radius 2 is 2.20 bits per heavy atom. The van der Waals surface area contributed by atoms with E-state index in [4.69, 9.17) is 19.7 Å². The van der Waals surface area contributed by atoms with E-state index >= 15 is 0 Å². The van der Waals surface area contributed by atoms with Gasteiger partial charge in [-0.25, -0.2) is 18.5 Å². The molecular formula is C15H21N7O7P+. The summed E-state index contributed by atoms with van der Waals surface area (Å²) in [5.74, 6) is -0.457. The molecular weight excluding hydrogens is 421 g/mol. The minimum absolute atomic E-state index is 0.145.